The molecule has 1 aromatic rings. The molecular weight excluding hydrogens is 269 g/mol. The lowest BCUT2D eigenvalue weighted by Crippen LogP contribution is -2.38. The van der Waals surface area contributed by atoms with E-state index in [0.717, 1.165) is 18.9 Å². The van der Waals surface area contributed by atoms with E-state index in [1.165, 1.54) is 16.4 Å². The molecule has 0 amide bonds. The zero-order chi connectivity index (χ0) is 14.0. The van der Waals surface area contributed by atoms with Gasteiger partial charge in [0.05, 0.1) is 11.5 Å². The number of rotatable bonds is 4. The Kier molecular flexibility index (Phi) is 4.23. The van der Waals surface area contributed by atoms with E-state index in [4.69, 9.17) is 4.74 Å². The second-order valence-electron chi connectivity index (χ2n) is 4.78. The lowest BCUT2D eigenvalue weighted by molar-refractivity contribution is 0.149. The Morgan fingerprint density at radius 3 is 2.89 bits per heavy atom. The van der Waals surface area contributed by atoms with Crippen LogP contribution in [0.15, 0.2) is 23.1 Å². The van der Waals surface area contributed by atoms with E-state index in [0.29, 0.717) is 18.7 Å². The zero-order valence-electron chi connectivity index (χ0n) is 11.1. The van der Waals surface area contributed by atoms with E-state index < -0.39 is 15.8 Å². The van der Waals surface area contributed by atoms with Crippen molar-refractivity contribution in [3.05, 3.63) is 29.6 Å². The van der Waals surface area contributed by atoms with Gasteiger partial charge >= 0.3 is 0 Å². The molecule has 1 aliphatic heterocycles. The standard InChI is InChI=1S/C13H18FNO3S/c1-10-5-6-11(14)8-13(10)19(16,17)15-7-3-4-12(15)9-18-2/h5-6,8,12H,3-4,7,9H2,1-2H3/t12-/m0/s1. The van der Waals surface area contributed by atoms with Crippen molar-refractivity contribution in [3.63, 3.8) is 0 Å². The molecule has 0 saturated carbocycles. The Hall–Kier alpha value is -0.980. The van der Waals surface area contributed by atoms with Crippen molar-refractivity contribution in [1.29, 1.82) is 0 Å². The van der Waals surface area contributed by atoms with Crippen LogP contribution in [0.3, 0.4) is 0 Å². The number of halogens is 1. The molecule has 1 aromatic carbocycles. The van der Waals surface area contributed by atoms with Gasteiger partial charge in [0.1, 0.15) is 5.82 Å². The number of hydrogen-bond donors (Lipinski definition) is 0. The van der Waals surface area contributed by atoms with Gasteiger partial charge in [-0.1, -0.05) is 6.07 Å². The molecule has 106 valence electrons. The van der Waals surface area contributed by atoms with Crippen molar-refractivity contribution >= 4 is 10.0 Å². The van der Waals surface area contributed by atoms with Gasteiger partial charge in [0.25, 0.3) is 0 Å². The molecule has 0 unspecified atom stereocenters. The third kappa shape index (κ3) is 2.80. The van der Waals surface area contributed by atoms with Crippen LogP contribution in [0.2, 0.25) is 0 Å². The van der Waals surface area contributed by atoms with Crippen molar-refractivity contribution in [2.24, 2.45) is 0 Å². The largest absolute Gasteiger partial charge is 0.383 e. The van der Waals surface area contributed by atoms with Gasteiger partial charge in [0, 0.05) is 19.7 Å². The number of methoxy groups -OCH3 is 1. The predicted octanol–water partition coefficient (Wildman–Crippen LogP) is 1.93. The van der Waals surface area contributed by atoms with Crippen LogP contribution in [-0.2, 0) is 14.8 Å². The smallest absolute Gasteiger partial charge is 0.243 e. The summed E-state index contributed by atoms with van der Waals surface area (Å²) in [4.78, 5) is 0.0514. The highest BCUT2D eigenvalue weighted by Crippen LogP contribution is 2.28. The van der Waals surface area contributed by atoms with Gasteiger partial charge in [-0.15, -0.1) is 0 Å². The summed E-state index contributed by atoms with van der Waals surface area (Å²) >= 11 is 0. The molecule has 2 rings (SSSR count). The van der Waals surface area contributed by atoms with E-state index >= 15 is 0 Å². The van der Waals surface area contributed by atoms with Crippen LogP contribution in [0.4, 0.5) is 4.39 Å². The van der Waals surface area contributed by atoms with Crippen LogP contribution in [-0.4, -0.2) is 39.0 Å². The van der Waals surface area contributed by atoms with E-state index in [1.807, 2.05) is 0 Å². The maximum atomic E-state index is 13.3. The molecule has 1 fully saturated rings. The maximum absolute atomic E-state index is 13.3. The van der Waals surface area contributed by atoms with E-state index in [9.17, 15) is 12.8 Å². The SMILES string of the molecule is COC[C@@H]1CCCN1S(=O)(=O)c1cc(F)ccc1C. The van der Waals surface area contributed by atoms with E-state index in [2.05, 4.69) is 0 Å². The first-order valence-electron chi connectivity index (χ1n) is 6.23. The van der Waals surface area contributed by atoms with Gasteiger partial charge in [-0.3, -0.25) is 0 Å². The quantitative estimate of drug-likeness (QED) is 0.850. The van der Waals surface area contributed by atoms with Crippen molar-refractivity contribution in [2.75, 3.05) is 20.3 Å². The molecule has 0 aromatic heterocycles. The minimum atomic E-state index is -3.65. The monoisotopic (exact) mass is 287 g/mol. The highest BCUT2D eigenvalue weighted by Gasteiger charge is 2.36. The van der Waals surface area contributed by atoms with Crippen LogP contribution < -0.4 is 0 Å². The fraction of sp³-hybridized carbons (Fsp3) is 0.538. The fourth-order valence-corrected chi connectivity index (χ4v) is 4.38. The summed E-state index contributed by atoms with van der Waals surface area (Å²) in [7, 11) is -2.10. The number of ether oxygens (including phenoxy) is 1. The fourth-order valence-electron chi connectivity index (χ4n) is 2.46. The molecule has 0 radical (unpaired) electrons. The average Bonchev–Trinajstić information content (AvgIpc) is 2.81. The minimum Gasteiger partial charge on any atom is -0.383 e. The molecule has 0 spiro atoms. The molecule has 0 bridgehead atoms. The molecular formula is C13H18FNO3S. The Balaban J connectivity index is 2.39. The predicted molar refractivity (Wildman–Crippen MR) is 69.9 cm³/mol. The molecule has 19 heavy (non-hydrogen) atoms. The first-order chi connectivity index (χ1) is 8.96. The average molecular weight is 287 g/mol. The molecule has 4 nitrogen and oxygen atoms in total. The highest BCUT2D eigenvalue weighted by molar-refractivity contribution is 7.89. The highest BCUT2D eigenvalue weighted by atomic mass is 32.2. The number of hydrogen-bond acceptors (Lipinski definition) is 3. The van der Waals surface area contributed by atoms with Crippen molar-refractivity contribution < 1.29 is 17.5 Å². The summed E-state index contributed by atoms with van der Waals surface area (Å²) in [6, 6.07) is 3.69. The molecule has 1 saturated heterocycles. The van der Waals surface area contributed by atoms with Crippen LogP contribution in [0.5, 0.6) is 0 Å². The van der Waals surface area contributed by atoms with Gasteiger partial charge in [0.15, 0.2) is 0 Å². The van der Waals surface area contributed by atoms with Crippen molar-refractivity contribution in [1.82, 2.24) is 4.31 Å². The number of aryl methyl sites for hydroxylation is 1. The molecule has 0 N–H and O–H groups in total. The van der Waals surface area contributed by atoms with Gasteiger partial charge < -0.3 is 4.74 Å². The normalized spacial score (nSPS) is 20.9. The lowest BCUT2D eigenvalue weighted by atomic mass is 10.2. The topological polar surface area (TPSA) is 46.6 Å². The Morgan fingerprint density at radius 2 is 2.21 bits per heavy atom. The van der Waals surface area contributed by atoms with Crippen LogP contribution >= 0.6 is 0 Å². The summed E-state index contributed by atoms with van der Waals surface area (Å²) in [5.74, 6) is -0.535. The Morgan fingerprint density at radius 1 is 1.47 bits per heavy atom. The van der Waals surface area contributed by atoms with Crippen molar-refractivity contribution in [2.45, 2.75) is 30.7 Å². The van der Waals surface area contributed by atoms with Gasteiger partial charge in [0.2, 0.25) is 10.0 Å². The summed E-state index contributed by atoms with van der Waals surface area (Å²) in [6.45, 7) is 2.51. The first kappa shape index (κ1) is 14.4. The summed E-state index contributed by atoms with van der Waals surface area (Å²) in [6.07, 6.45) is 1.59. The third-order valence-electron chi connectivity index (χ3n) is 3.42. The molecule has 1 aliphatic rings. The molecule has 1 atom stereocenters. The van der Waals surface area contributed by atoms with Gasteiger partial charge in [-0.25, -0.2) is 12.8 Å². The molecule has 6 heteroatoms. The summed E-state index contributed by atoms with van der Waals surface area (Å²) in [5.41, 5.74) is 0.560. The van der Waals surface area contributed by atoms with Crippen molar-refractivity contribution in [3.8, 4) is 0 Å². The lowest BCUT2D eigenvalue weighted by Gasteiger charge is -2.24. The van der Waals surface area contributed by atoms with Gasteiger partial charge in [-0.2, -0.15) is 4.31 Å². The van der Waals surface area contributed by atoms with Gasteiger partial charge in [-0.05, 0) is 37.5 Å². The summed E-state index contributed by atoms with van der Waals surface area (Å²) in [5, 5.41) is 0. The maximum Gasteiger partial charge on any atom is 0.243 e. The number of nitrogens with zero attached hydrogens (tertiary/aromatic N) is 1. The second-order valence-corrected chi connectivity index (χ2v) is 6.64. The Bertz CT molecular complexity index is 559. The molecule has 1 heterocycles. The van der Waals surface area contributed by atoms with Crippen LogP contribution in [0.1, 0.15) is 18.4 Å². The summed E-state index contributed by atoms with van der Waals surface area (Å²) < 4.78 is 45.0. The minimum absolute atomic E-state index is 0.0514. The first-order valence-corrected chi connectivity index (χ1v) is 7.67. The number of sulfonamides is 1. The van der Waals surface area contributed by atoms with E-state index in [-0.39, 0.29) is 10.9 Å². The van der Waals surface area contributed by atoms with Crippen LogP contribution in [0, 0.1) is 12.7 Å². The number of benzene rings is 1. The van der Waals surface area contributed by atoms with E-state index in [1.54, 1.807) is 14.0 Å². The second kappa shape index (κ2) is 5.56. The van der Waals surface area contributed by atoms with Crippen LogP contribution in [0.25, 0.3) is 0 Å². The zero-order valence-corrected chi connectivity index (χ0v) is 11.9. The Labute approximate surface area is 113 Å². The molecule has 0 aliphatic carbocycles. The third-order valence-corrected chi connectivity index (χ3v) is 5.51.